The Hall–Kier alpha value is -3.76. The highest BCUT2D eigenvalue weighted by molar-refractivity contribution is 6.23. The normalized spacial score (nSPS) is 12.1. The van der Waals surface area contributed by atoms with Crippen LogP contribution in [-0.4, -0.2) is 55.3 Å². The molecule has 0 aromatic heterocycles. The number of esters is 2. The molecule has 1 rings (SSSR count). The second-order valence-corrected chi connectivity index (χ2v) is 8.31. The molecule has 0 aliphatic heterocycles. The fraction of sp³-hybridized carbons (Fsp3) is 0.519. The van der Waals surface area contributed by atoms with Crippen molar-refractivity contribution in [3.05, 3.63) is 41.9 Å². The van der Waals surface area contributed by atoms with Gasteiger partial charge in [0.15, 0.2) is 0 Å². The van der Waals surface area contributed by atoms with E-state index in [1.807, 2.05) is 0 Å². The molecule has 0 bridgehead atoms. The van der Waals surface area contributed by atoms with Gasteiger partial charge in [0, 0.05) is 12.6 Å². The van der Waals surface area contributed by atoms with Crippen molar-refractivity contribution in [1.82, 2.24) is 10.6 Å². The highest BCUT2D eigenvalue weighted by Gasteiger charge is 2.24. The summed E-state index contributed by atoms with van der Waals surface area (Å²) in [4.78, 5) is 53.3. The maximum absolute atomic E-state index is 13.2. The molecule has 212 valence electrons. The van der Waals surface area contributed by atoms with Crippen molar-refractivity contribution in [3.63, 3.8) is 0 Å². The van der Waals surface area contributed by atoms with Crippen molar-refractivity contribution in [2.75, 3.05) is 19.8 Å². The van der Waals surface area contributed by atoms with Gasteiger partial charge in [-0.3, -0.25) is 19.4 Å². The van der Waals surface area contributed by atoms with Crippen molar-refractivity contribution in [2.45, 2.75) is 66.8 Å². The molecule has 0 saturated carbocycles. The predicted octanol–water partition coefficient (Wildman–Crippen LogP) is 3.32. The van der Waals surface area contributed by atoms with E-state index in [9.17, 15) is 23.6 Å². The lowest BCUT2D eigenvalue weighted by Crippen LogP contribution is -2.47. The van der Waals surface area contributed by atoms with Crippen molar-refractivity contribution < 1.29 is 33.0 Å². The number of halogens is 1. The molecule has 2 amide bonds. The molecule has 1 unspecified atom stereocenters. The number of nitrogens with two attached hydrogens (primary N) is 1. The zero-order valence-corrected chi connectivity index (χ0v) is 23.1. The van der Waals surface area contributed by atoms with Crippen molar-refractivity contribution in [2.24, 2.45) is 16.6 Å². The summed E-state index contributed by atoms with van der Waals surface area (Å²) in [6.45, 7) is 11.0. The quantitative estimate of drug-likeness (QED) is 0.199. The van der Waals surface area contributed by atoms with Crippen LogP contribution >= 0.6 is 0 Å². The Balaban J connectivity index is 0.00000434. The largest absolute Gasteiger partial charge is 0.466 e. The number of amides is 2. The van der Waals surface area contributed by atoms with Gasteiger partial charge >= 0.3 is 11.9 Å². The van der Waals surface area contributed by atoms with Crippen LogP contribution in [0.3, 0.4) is 0 Å². The molecule has 0 aliphatic carbocycles. The van der Waals surface area contributed by atoms with Crippen LogP contribution in [0.5, 0.6) is 0 Å². The molecular weight excluding hydrogens is 495 g/mol. The van der Waals surface area contributed by atoms with Gasteiger partial charge in [-0.25, -0.2) is 9.18 Å². The summed E-state index contributed by atoms with van der Waals surface area (Å²) in [6, 6.07) is 4.33. The van der Waals surface area contributed by atoms with Gasteiger partial charge in [0.05, 0.1) is 36.7 Å². The number of hydrogen-bond acceptors (Lipinski definition) is 8. The summed E-state index contributed by atoms with van der Waals surface area (Å²) < 4.78 is 23.0. The van der Waals surface area contributed by atoms with E-state index in [2.05, 4.69) is 29.5 Å². The van der Waals surface area contributed by atoms with E-state index in [1.165, 1.54) is 30.7 Å². The first-order valence-corrected chi connectivity index (χ1v) is 12.7. The summed E-state index contributed by atoms with van der Waals surface area (Å²) in [7, 11) is 0. The summed E-state index contributed by atoms with van der Waals surface area (Å²) in [6.07, 6.45) is 2.21. The standard InChI is InChI=1S/C24H33FN4O6.C3H8/c1-5-34-21(31)12-11-19(24(33)35-6-2)29-20(30)14-27-23(32)18(13-26)22(15(3)4)28-17-9-7-16(25)8-10-17;1-3-2/h7-10,13,15,19H,5-6,11-12,14,26H2,1-4H3,(H,27,32)(H,29,30);3H2,1-2H3/b18-13+,28-22?;. The summed E-state index contributed by atoms with van der Waals surface area (Å²) in [5, 5.41) is 4.90. The van der Waals surface area contributed by atoms with Gasteiger partial charge in [0.1, 0.15) is 11.9 Å². The number of rotatable bonds is 13. The smallest absolute Gasteiger partial charge is 0.328 e. The minimum absolute atomic E-state index is 0.0207. The van der Waals surface area contributed by atoms with Gasteiger partial charge < -0.3 is 25.8 Å². The predicted molar refractivity (Wildman–Crippen MR) is 144 cm³/mol. The maximum Gasteiger partial charge on any atom is 0.328 e. The fourth-order valence-electron chi connectivity index (χ4n) is 2.92. The number of carbonyl (C=O) groups excluding carboxylic acids is 4. The molecule has 0 radical (unpaired) electrons. The molecule has 11 heteroatoms. The summed E-state index contributed by atoms with van der Waals surface area (Å²) in [5.41, 5.74) is 6.49. The third-order valence-electron chi connectivity index (χ3n) is 4.57. The van der Waals surface area contributed by atoms with Crippen LogP contribution in [-0.2, 0) is 28.7 Å². The second kappa shape index (κ2) is 19.4. The van der Waals surface area contributed by atoms with Gasteiger partial charge in [-0.2, -0.15) is 0 Å². The van der Waals surface area contributed by atoms with E-state index in [1.54, 1.807) is 27.7 Å². The summed E-state index contributed by atoms with van der Waals surface area (Å²) in [5.74, 6) is -3.17. The molecule has 0 saturated heterocycles. The highest BCUT2D eigenvalue weighted by Crippen LogP contribution is 2.18. The number of ether oxygens (including phenoxy) is 2. The van der Waals surface area contributed by atoms with Gasteiger partial charge in [-0.05, 0) is 50.5 Å². The molecule has 38 heavy (non-hydrogen) atoms. The topological polar surface area (TPSA) is 149 Å². The third-order valence-corrected chi connectivity index (χ3v) is 4.57. The first-order valence-electron chi connectivity index (χ1n) is 12.7. The average Bonchev–Trinajstić information content (AvgIpc) is 2.87. The van der Waals surface area contributed by atoms with Gasteiger partial charge in [0.25, 0.3) is 5.91 Å². The van der Waals surface area contributed by atoms with Crippen LogP contribution in [0.4, 0.5) is 10.1 Å². The zero-order chi connectivity index (χ0) is 29.1. The minimum Gasteiger partial charge on any atom is -0.466 e. The molecule has 1 atom stereocenters. The molecule has 4 N–H and O–H groups in total. The van der Waals surface area contributed by atoms with Gasteiger partial charge in [-0.15, -0.1) is 0 Å². The van der Waals surface area contributed by atoms with E-state index in [-0.39, 0.29) is 37.5 Å². The van der Waals surface area contributed by atoms with Crippen LogP contribution in [0.25, 0.3) is 0 Å². The number of benzene rings is 1. The number of nitrogens with zero attached hydrogens (tertiary/aromatic N) is 1. The lowest BCUT2D eigenvalue weighted by Gasteiger charge is -2.18. The van der Waals surface area contributed by atoms with Crippen LogP contribution < -0.4 is 16.4 Å². The lowest BCUT2D eigenvalue weighted by atomic mass is 9.99. The van der Waals surface area contributed by atoms with Crippen molar-refractivity contribution >= 4 is 35.2 Å². The molecule has 1 aromatic rings. The Morgan fingerprint density at radius 1 is 1.03 bits per heavy atom. The number of hydrogen-bond donors (Lipinski definition) is 3. The Bertz CT molecular complexity index is 961. The van der Waals surface area contributed by atoms with Gasteiger partial charge in [0.2, 0.25) is 5.91 Å². The van der Waals surface area contributed by atoms with Crippen LogP contribution in [0.15, 0.2) is 41.0 Å². The Morgan fingerprint density at radius 2 is 1.61 bits per heavy atom. The van der Waals surface area contributed by atoms with E-state index in [4.69, 9.17) is 15.2 Å². The molecule has 0 heterocycles. The summed E-state index contributed by atoms with van der Waals surface area (Å²) >= 11 is 0. The van der Waals surface area contributed by atoms with Gasteiger partial charge in [-0.1, -0.05) is 34.1 Å². The monoisotopic (exact) mass is 536 g/mol. The highest BCUT2D eigenvalue weighted by atomic mass is 19.1. The fourth-order valence-corrected chi connectivity index (χ4v) is 2.92. The maximum atomic E-state index is 13.2. The lowest BCUT2D eigenvalue weighted by molar-refractivity contribution is -0.148. The van der Waals surface area contributed by atoms with Crippen LogP contribution in [0.2, 0.25) is 0 Å². The van der Waals surface area contributed by atoms with Crippen LogP contribution in [0, 0.1) is 11.7 Å². The number of carbonyl (C=O) groups is 4. The Morgan fingerprint density at radius 3 is 2.11 bits per heavy atom. The molecule has 10 nitrogen and oxygen atoms in total. The third kappa shape index (κ3) is 13.5. The Kier molecular flexibility index (Phi) is 17.4. The van der Waals surface area contributed by atoms with E-state index in [0.717, 1.165) is 6.20 Å². The minimum atomic E-state index is -1.08. The number of nitrogens with one attached hydrogen (secondary N) is 2. The SMILES string of the molecule is CCC.CCOC(=O)CCC(NC(=O)CNC(=O)/C(=C/N)C(=Nc1ccc(F)cc1)C(C)C)C(=O)OCC. The first-order chi connectivity index (χ1) is 18.0. The van der Waals surface area contributed by atoms with Crippen molar-refractivity contribution in [3.8, 4) is 0 Å². The zero-order valence-electron chi connectivity index (χ0n) is 23.1. The van der Waals surface area contributed by atoms with E-state index >= 15 is 0 Å². The molecule has 0 spiro atoms. The van der Waals surface area contributed by atoms with Crippen LogP contribution in [0.1, 0.15) is 60.8 Å². The second-order valence-electron chi connectivity index (χ2n) is 8.31. The van der Waals surface area contributed by atoms with E-state index < -0.39 is 42.2 Å². The molecule has 0 fully saturated rings. The molecule has 0 aliphatic rings. The van der Waals surface area contributed by atoms with E-state index in [0.29, 0.717) is 11.4 Å². The molecule has 1 aromatic carbocycles. The first kappa shape index (κ1) is 34.2. The number of aliphatic imine (C=N–C) groups is 1. The Labute approximate surface area is 224 Å². The van der Waals surface area contributed by atoms with Crippen molar-refractivity contribution in [1.29, 1.82) is 0 Å². The average molecular weight is 537 g/mol. The molecular formula is C27H41FN4O6.